The van der Waals surface area contributed by atoms with E-state index < -0.39 is 23.0 Å². The first kappa shape index (κ1) is 14.5. The molecular weight excluding hydrogens is 267 g/mol. The normalized spacial score (nSPS) is 22.6. The number of Topliss-reactive ketones (excluding diaryl/α,β-unsaturated/α-hetero) is 1. The Labute approximate surface area is 115 Å². The molecule has 1 aromatic rings. The van der Waals surface area contributed by atoms with Gasteiger partial charge in [-0.1, -0.05) is 6.07 Å². The van der Waals surface area contributed by atoms with E-state index >= 15 is 0 Å². The van der Waals surface area contributed by atoms with Crippen molar-refractivity contribution in [2.75, 3.05) is 20.3 Å². The number of carbonyl (C=O) groups is 2. The largest absolute Gasteiger partial charge is 0.497 e. The van der Waals surface area contributed by atoms with Gasteiger partial charge in [-0.25, -0.2) is 4.39 Å². The van der Waals surface area contributed by atoms with E-state index in [1.54, 1.807) is 0 Å². The number of rotatable bonds is 4. The van der Waals surface area contributed by atoms with Crippen LogP contribution in [0.1, 0.15) is 12.0 Å². The Balaban J connectivity index is 2.33. The van der Waals surface area contributed by atoms with Crippen LogP contribution in [0.25, 0.3) is 0 Å². The molecule has 20 heavy (non-hydrogen) atoms. The van der Waals surface area contributed by atoms with E-state index in [2.05, 4.69) is 0 Å². The number of ketones is 1. The lowest BCUT2D eigenvalue weighted by molar-refractivity contribution is -0.164. The van der Waals surface area contributed by atoms with E-state index in [0.29, 0.717) is 5.75 Å². The van der Waals surface area contributed by atoms with Gasteiger partial charge in [-0.2, -0.15) is 0 Å². The van der Waals surface area contributed by atoms with Crippen molar-refractivity contribution >= 4 is 11.8 Å². The predicted molar refractivity (Wildman–Crippen MR) is 67.2 cm³/mol. The summed E-state index contributed by atoms with van der Waals surface area (Å²) < 4.78 is 23.9. The van der Waals surface area contributed by atoms with Gasteiger partial charge in [0, 0.05) is 18.9 Å². The van der Waals surface area contributed by atoms with Gasteiger partial charge in [-0.3, -0.25) is 9.59 Å². The fourth-order valence-electron chi connectivity index (χ4n) is 2.26. The van der Waals surface area contributed by atoms with Crippen LogP contribution >= 0.6 is 0 Å². The lowest BCUT2D eigenvalue weighted by Crippen LogP contribution is -2.48. The van der Waals surface area contributed by atoms with Gasteiger partial charge in [0.2, 0.25) is 0 Å². The quantitative estimate of drug-likeness (QED) is 0.846. The molecule has 0 amide bonds. The summed E-state index contributed by atoms with van der Waals surface area (Å²) >= 11 is 0. The molecule has 6 heteroatoms. The van der Waals surface area contributed by atoms with Crippen LogP contribution in [0.2, 0.25) is 0 Å². The molecule has 1 aliphatic rings. The van der Waals surface area contributed by atoms with Crippen LogP contribution in [0.3, 0.4) is 0 Å². The molecule has 0 aromatic heterocycles. The maximum Gasteiger partial charge on any atom is 0.319 e. The Hall–Kier alpha value is -1.95. The number of carbonyl (C=O) groups excluding carboxylic acids is 1. The van der Waals surface area contributed by atoms with Gasteiger partial charge < -0.3 is 14.6 Å². The van der Waals surface area contributed by atoms with Crippen LogP contribution in [0, 0.1) is 11.2 Å². The molecule has 1 unspecified atom stereocenters. The smallest absolute Gasteiger partial charge is 0.319 e. The summed E-state index contributed by atoms with van der Waals surface area (Å²) in [6, 6.07) is 4.13. The van der Waals surface area contributed by atoms with E-state index in [9.17, 15) is 19.1 Å². The van der Waals surface area contributed by atoms with Crippen molar-refractivity contribution < 1.29 is 28.6 Å². The average Bonchev–Trinajstić information content (AvgIpc) is 2.43. The molecule has 0 bridgehead atoms. The molecular formula is C14H15FO5. The van der Waals surface area contributed by atoms with Gasteiger partial charge in [0.25, 0.3) is 0 Å². The molecule has 1 fully saturated rings. The molecule has 1 saturated heterocycles. The zero-order chi connectivity index (χ0) is 14.8. The van der Waals surface area contributed by atoms with Crippen molar-refractivity contribution in [1.82, 2.24) is 0 Å². The highest BCUT2D eigenvalue weighted by atomic mass is 19.1. The molecule has 108 valence electrons. The lowest BCUT2D eigenvalue weighted by Gasteiger charge is -2.31. The van der Waals surface area contributed by atoms with Crippen LogP contribution in [0.15, 0.2) is 18.2 Å². The van der Waals surface area contributed by atoms with E-state index in [0.717, 1.165) is 0 Å². The van der Waals surface area contributed by atoms with Crippen LogP contribution in [0.5, 0.6) is 5.75 Å². The number of carboxylic acids is 1. The predicted octanol–water partition coefficient (Wildman–Crippen LogP) is 1.44. The van der Waals surface area contributed by atoms with Gasteiger partial charge in [0.15, 0.2) is 11.2 Å². The molecule has 1 N–H and O–H groups in total. The molecule has 0 radical (unpaired) electrons. The minimum atomic E-state index is -1.70. The Kier molecular flexibility index (Phi) is 4.04. The Morgan fingerprint density at radius 2 is 2.30 bits per heavy atom. The van der Waals surface area contributed by atoms with Gasteiger partial charge in [-0.15, -0.1) is 0 Å². The fraction of sp³-hybridized carbons (Fsp3) is 0.429. The molecule has 0 spiro atoms. The standard InChI is InChI=1S/C14H15FO5/c1-19-10-3-2-9(11(15)6-10)7-14(13(17)18)8-20-5-4-12(14)16/h2-3,6H,4-5,7-8H2,1H3,(H,17,18). The van der Waals surface area contributed by atoms with Crippen molar-refractivity contribution in [3.05, 3.63) is 29.6 Å². The van der Waals surface area contributed by atoms with E-state index in [1.807, 2.05) is 0 Å². The first-order chi connectivity index (χ1) is 9.49. The van der Waals surface area contributed by atoms with Crippen LogP contribution in [-0.4, -0.2) is 37.2 Å². The molecule has 1 aromatic carbocycles. The average molecular weight is 282 g/mol. The molecule has 2 rings (SSSR count). The molecule has 0 aliphatic carbocycles. The number of benzene rings is 1. The molecule has 1 atom stereocenters. The highest BCUT2D eigenvalue weighted by Crippen LogP contribution is 2.32. The third kappa shape index (κ3) is 2.51. The van der Waals surface area contributed by atoms with Crippen molar-refractivity contribution in [2.45, 2.75) is 12.8 Å². The Morgan fingerprint density at radius 3 is 2.85 bits per heavy atom. The summed E-state index contributed by atoms with van der Waals surface area (Å²) in [6.07, 6.45) is -0.193. The maximum absolute atomic E-state index is 13.9. The molecule has 1 heterocycles. The zero-order valence-electron chi connectivity index (χ0n) is 11.0. The van der Waals surface area contributed by atoms with Gasteiger partial charge in [-0.05, 0) is 11.6 Å². The summed E-state index contributed by atoms with van der Waals surface area (Å²) in [6.45, 7) is -0.0222. The lowest BCUT2D eigenvalue weighted by atomic mass is 9.76. The second-order valence-electron chi connectivity index (χ2n) is 4.75. The topological polar surface area (TPSA) is 72.8 Å². The highest BCUT2D eigenvalue weighted by Gasteiger charge is 2.48. The minimum Gasteiger partial charge on any atom is -0.497 e. The minimum absolute atomic E-state index is 0.0318. The summed E-state index contributed by atoms with van der Waals surface area (Å²) in [4.78, 5) is 23.5. The number of methoxy groups -OCH3 is 1. The second kappa shape index (κ2) is 5.58. The maximum atomic E-state index is 13.9. The number of hydrogen-bond acceptors (Lipinski definition) is 4. The first-order valence-corrected chi connectivity index (χ1v) is 6.16. The number of halogens is 1. The number of aliphatic carboxylic acids is 1. The van der Waals surface area contributed by atoms with Crippen LogP contribution in [0.4, 0.5) is 4.39 Å². The summed E-state index contributed by atoms with van der Waals surface area (Å²) in [5.74, 6) is -1.96. The van der Waals surface area contributed by atoms with E-state index in [4.69, 9.17) is 9.47 Å². The summed E-state index contributed by atoms with van der Waals surface area (Å²) in [5.41, 5.74) is -1.54. The first-order valence-electron chi connectivity index (χ1n) is 6.16. The van der Waals surface area contributed by atoms with Gasteiger partial charge in [0.1, 0.15) is 11.6 Å². The van der Waals surface area contributed by atoms with E-state index in [1.165, 1.54) is 25.3 Å². The van der Waals surface area contributed by atoms with Crippen molar-refractivity contribution in [3.8, 4) is 5.75 Å². The number of carboxylic acid groups (broad SMARTS) is 1. The van der Waals surface area contributed by atoms with Crippen molar-refractivity contribution in [1.29, 1.82) is 0 Å². The molecule has 0 saturated carbocycles. The van der Waals surface area contributed by atoms with Crippen LogP contribution in [-0.2, 0) is 20.7 Å². The Morgan fingerprint density at radius 1 is 1.55 bits per heavy atom. The number of ether oxygens (including phenoxy) is 2. The second-order valence-corrected chi connectivity index (χ2v) is 4.75. The third-order valence-corrected chi connectivity index (χ3v) is 3.52. The Bertz CT molecular complexity index is 542. The van der Waals surface area contributed by atoms with Crippen molar-refractivity contribution in [2.24, 2.45) is 5.41 Å². The van der Waals surface area contributed by atoms with E-state index in [-0.39, 0.29) is 31.6 Å². The highest BCUT2D eigenvalue weighted by molar-refractivity contribution is 6.04. The van der Waals surface area contributed by atoms with Crippen LogP contribution < -0.4 is 4.74 Å². The zero-order valence-corrected chi connectivity index (χ0v) is 11.0. The SMILES string of the molecule is COc1ccc(CC2(C(=O)O)COCCC2=O)c(F)c1. The summed E-state index contributed by atoms with van der Waals surface area (Å²) in [5, 5.41) is 9.36. The van der Waals surface area contributed by atoms with Gasteiger partial charge >= 0.3 is 5.97 Å². The number of hydrogen-bond donors (Lipinski definition) is 1. The monoisotopic (exact) mass is 282 g/mol. The summed E-state index contributed by atoms with van der Waals surface area (Å²) in [7, 11) is 1.41. The molecule has 1 aliphatic heterocycles. The third-order valence-electron chi connectivity index (χ3n) is 3.52. The fourth-order valence-corrected chi connectivity index (χ4v) is 2.26. The van der Waals surface area contributed by atoms with Crippen molar-refractivity contribution in [3.63, 3.8) is 0 Å². The molecule has 5 nitrogen and oxygen atoms in total. The van der Waals surface area contributed by atoms with Gasteiger partial charge in [0.05, 0.1) is 20.3 Å².